The minimum Gasteiger partial charge on any atom is -0.483 e. The molecule has 1 N–H and O–H groups in total. The molecule has 1 aromatic carbocycles. The van der Waals surface area contributed by atoms with E-state index in [1.54, 1.807) is 4.90 Å². The van der Waals surface area contributed by atoms with E-state index in [9.17, 15) is 4.79 Å². The SMILES string of the molecule is CNC(C)c1cc(Br)ccc1OCC(=O)N(C)C1CC1. The zero-order valence-electron chi connectivity index (χ0n) is 12.1. The molecular formula is C15H21BrN2O2. The standard InChI is InChI=1S/C15H21BrN2O2/c1-10(17-2)13-8-11(16)4-7-14(13)20-9-15(19)18(3)12-5-6-12/h4,7-8,10,12,17H,5-6,9H2,1-3H3. The number of halogens is 1. The van der Waals surface area contributed by atoms with E-state index in [0.717, 1.165) is 28.6 Å². The van der Waals surface area contributed by atoms with Gasteiger partial charge in [0.25, 0.3) is 5.91 Å². The summed E-state index contributed by atoms with van der Waals surface area (Å²) < 4.78 is 6.73. The number of ether oxygens (including phenoxy) is 1. The van der Waals surface area contributed by atoms with Crippen LogP contribution in [0.3, 0.4) is 0 Å². The highest BCUT2D eigenvalue weighted by atomic mass is 79.9. The van der Waals surface area contributed by atoms with Crippen molar-refractivity contribution in [3.63, 3.8) is 0 Å². The second kappa shape index (κ2) is 6.59. The highest BCUT2D eigenvalue weighted by Crippen LogP contribution is 2.29. The molecule has 1 unspecified atom stereocenters. The van der Waals surface area contributed by atoms with Crippen molar-refractivity contribution in [1.82, 2.24) is 10.2 Å². The Balaban J connectivity index is 2.02. The monoisotopic (exact) mass is 340 g/mol. The summed E-state index contributed by atoms with van der Waals surface area (Å²) in [5.41, 5.74) is 1.05. The maximum atomic E-state index is 12.0. The van der Waals surface area contributed by atoms with Crippen molar-refractivity contribution >= 4 is 21.8 Å². The quantitative estimate of drug-likeness (QED) is 0.865. The Morgan fingerprint density at radius 2 is 2.25 bits per heavy atom. The van der Waals surface area contributed by atoms with Crippen LogP contribution < -0.4 is 10.1 Å². The van der Waals surface area contributed by atoms with Crippen LogP contribution in [0.15, 0.2) is 22.7 Å². The van der Waals surface area contributed by atoms with Gasteiger partial charge in [0.05, 0.1) is 0 Å². The molecule has 1 fully saturated rings. The van der Waals surface area contributed by atoms with Crippen molar-refractivity contribution in [2.45, 2.75) is 31.8 Å². The lowest BCUT2D eigenvalue weighted by Crippen LogP contribution is -2.33. The smallest absolute Gasteiger partial charge is 0.260 e. The fourth-order valence-corrected chi connectivity index (χ4v) is 2.43. The first kappa shape index (κ1) is 15.3. The number of amides is 1. The van der Waals surface area contributed by atoms with Crippen molar-refractivity contribution in [2.75, 3.05) is 20.7 Å². The highest BCUT2D eigenvalue weighted by Gasteiger charge is 2.29. The fraction of sp³-hybridized carbons (Fsp3) is 0.533. The Morgan fingerprint density at radius 3 is 2.85 bits per heavy atom. The first-order valence-electron chi connectivity index (χ1n) is 6.88. The fourth-order valence-electron chi connectivity index (χ4n) is 2.05. The minimum absolute atomic E-state index is 0.0403. The molecule has 1 atom stereocenters. The van der Waals surface area contributed by atoms with Crippen molar-refractivity contribution in [2.24, 2.45) is 0 Å². The molecule has 1 aliphatic rings. The number of carbonyl (C=O) groups excluding carboxylic acids is 1. The topological polar surface area (TPSA) is 41.6 Å². The second-order valence-electron chi connectivity index (χ2n) is 5.22. The summed E-state index contributed by atoms with van der Waals surface area (Å²) in [6.07, 6.45) is 2.23. The molecule has 110 valence electrons. The van der Waals surface area contributed by atoms with Gasteiger partial charge in [-0.25, -0.2) is 0 Å². The molecule has 0 bridgehead atoms. The van der Waals surface area contributed by atoms with Crippen molar-refractivity contribution in [1.29, 1.82) is 0 Å². The number of nitrogens with one attached hydrogen (secondary N) is 1. The molecule has 0 aliphatic heterocycles. The third-order valence-electron chi connectivity index (χ3n) is 3.71. The number of rotatable bonds is 6. The van der Waals surface area contributed by atoms with Crippen LogP contribution in [0, 0.1) is 0 Å². The Kier molecular flexibility index (Phi) is 5.05. The Morgan fingerprint density at radius 1 is 1.55 bits per heavy atom. The molecule has 0 spiro atoms. The second-order valence-corrected chi connectivity index (χ2v) is 6.13. The number of hydrogen-bond donors (Lipinski definition) is 1. The van der Waals surface area contributed by atoms with Crippen molar-refractivity contribution < 1.29 is 9.53 Å². The van der Waals surface area contributed by atoms with Gasteiger partial charge in [-0.2, -0.15) is 0 Å². The first-order chi connectivity index (χ1) is 9.52. The van der Waals surface area contributed by atoms with Gasteiger partial charge in [-0.05, 0) is 45.0 Å². The molecule has 1 aromatic rings. The number of nitrogens with zero attached hydrogens (tertiary/aromatic N) is 1. The van der Waals surface area contributed by atoms with E-state index in [-0.39, 0.29) is 18.6 Å². The highest BCUT2D eigenvalue weighted by molar-refractivity contribution is 9.10. The summed E-state index contributed by atoms with van der Waals surface area (Å²) in [6, 6.07) is 6.44. The lowest BCUT2D eigenvalue weighted by atomic mass is 10.1. The molecule has 0 heterocycles. The summed E-state index contributed by atoms with van der Waals surface area (Å²) >= 11 is 3.47. The average Bonchev–Trinajstić information content (AvgIpc) is 3.28. The Labute approximate surface area is 128 Å². The van der Waals surface area contributed by atoms with Gasteiger partial charge >= 0.3 is 0 Å². The van der Waals surface area contributed by atoms with Crippen LogP contribution in [0.25, 0.3) is 0 Å². The van der Waals surface area contributed by atoms with E-state index in [1.807, 2.05) is 32.3 Å². The van der Waals surface area contributed by atoms with E-state index < -0.39 is 0 Å². The third kappa shape index (κ3) is 3.73. The normalized spacial score (nSPS) is 15.8. The zero-order chi connectivity index (χ0) is 14.7. The average molecular weight is 341 g/mol. The Bertz CT molecular complexity index is 489. The molecule has 1 aliphatic carbocycles. The van der Waals surface area contributed by atoms with Gasteiger partial charge in [-0.3, -0.25) is 4.79 Å². The van der Waals surface area contributed by atoms with Crippen LogP contribution in [0.1, 0.15) is 31.4 Å². The van der Waals surface area contributed by atoms with Gasteiger partial charge in [-0.1, -0.05) is 15.9 Å². The van der Waals surface area contributed by atoms with Gasteiger partial charge in [0, 0.05) is 29.2 Å². The zero-order valence-corrected chi connectivity index (χ0v) is 13.7. The predicted molar refractivity (Wildman–Crippen MR) is 82.9 cm³/mol. The summed E-state index contributed by atoms with van der Waals surface area (Å²) in [4.78, 5) is 13.8. The molecule has 4 nitrogen and oxygen atoms in total. The molecule has 0 radical (unpaired) electrons. The molecule has 20 heavy (non-hydrogen) atoms. The predicted octanol–water partition coefficient (Wildman–Crippen LogP) is 2.73. The van der Waals surface area contributed by atoms with Gasteiger partial charge in [0.1, 0.15) is 5.75 Å². The van der Waals surface area contributed by atoms with Gasteiger partial charge in [0.15, 0.2) is 6.61 Å². The van der Waals surface area contributed by atoms with E-state index in [2.05, 4.69) is 28.2 Å². The molecule has 2 rings (SSSR count). The van der Waals surface area contributed by atoms with Crippen LogP contribution in [0.4, 0.5) is 0 Å². The maximum absolute atomic E-state index is 12.0. The number of carbonyl (C=O) groups is 1. The molecule has 0 saturated heterocycles. The van der Waals surface area contributed by atoms with Crippen LogP contribution in [0.5, 0.6) is 5.75 Å². The van der Waals surface area contributed by atoms with Crippen LogP contribution in [-0.4, -0.2) is 37.6 Å². The first-order valence-corrected chi connectivity index (χ1v) is 7.67. The summed E-state index contributed by atoms with van der Waals surface area (Å²) in [5, 5.41) is 3.19. The minimum atomic E-state index is 0.0403. The van der Waals surface area contributed by atoms with E-state index in [4.69, 9.17) is 4.74 Å². The Hall–Kier alpha value is -1.07. The van der Waals surface area contributed by atoms with Crippen molar-refractivity contribution in [3.05, 3.63) is 28.2 Å². The molecule has 0 aromatic heterocycles. The lowest BCUT2D eigenvalue weighted by Gasteiger charge is -2.19. The number of hydrogen-bond acceptors (Lipinski definition) is 3. The van der Waals surface area contributed by atoms with Gasteiger partial charge < -0.3 is 15.0 Å². The molecular weight excluding hydrogens is 320 g/mol. The number of benzene rings is 1. The summed E-state index contributed by atoms with van der Waals surface area (Å²) in [7, 11) is 3.75. The van der Waals surface area contributed by atoms with Crippen LogP contribution in [-0.2, 0) is 4.79 Å². The lowest BCUT2D eigenvalue weighted by molar-refractivity contribution is -0.132. The van der Waals surface area contributed by atoms with Crippen LogP contribution >= 0.6 is 15.9 Å². The van der Waals surface area contributed by atoms with Gasteiger partial charge in [0.2, 0.25) is 0 Å². The van der Waals surface area contributed by atoms with Crippen LogP contribution in [0.2, 0.25) is 0 Å². The van der Waals surface area contributed by atoms with E-state index in [0.29, 0.717) is 6.04 Å². The number of likely N-dealkylation sites (N-methyl/N-ethyl adjacent to an activating group) is 1. The van der Waals surface area contributed by atoms with Crippen molar-refractivity contribution in [3.8, 4) is 5.75 Å². The maximum Gasteiger partial charge on any atom is 0.260 e. The third-order valence-corrected chi connectivity index (χ3v) is 4.20. The summed E-state index contributed by atoms with van der Waals surface area (Å²) in [6.45, 7) is 2.16. The van der Waals surface area contributed by atoms with E-state index in [1.165, 1.54) is 0 Å². The largest absolute Gasteiger partial charge is 0.483 e. The molecule has 1 saturated carbocycles. The van der Waals surface area contributed by atoms with E-state index >= 15 is 0 Å². The summed E-state index contributed by atoms with van der Waals surface area (Å²) in [5.74, 6) is 0.797. The van der Waals surface area contributed by atoms with Gasteiger partial charge in [-0.15, -0.1) is 0 Å². The molecule has 1 amide bonds. The molecule has 5 heteroatoms.